The lowest BCUT2D eigenvalue weighted by molar-refractivity contribution is 0.160. The third-order valence-corrected chi connectivity index (χ3v) is 4.57. The number of carbonyl (C=O) groups excluding carboxylic acids is 1. The molecule has 2 atom stereocenters. The molecule has 0 aromatic carbocycles. The van der Waals surface area contributed by atoms with Gasteiger partial charge in [0.2, 0.25) is 0 Å². The summed E-state index contributed by atoms with van der Waals surface area (Å²) >= 11 is 0. The first-order valence-electron chi connectivity index (χ1n) is 7.94. The van der Waals surface area contributed by atoms with Gasteiger partial charge in [0, 0.05) is 31.4 Å². The fraction of sp³-hybridized carbons (Fsp3) is 0.600. The van der Waals surface area contributed by atoms with E-state index in [1.165, 1.54) is 6.33 Å². The van der Waals surface area contributed by atoms with E-state index in [2.05, 4.69) is 20.5 Å². The number of amides is 2. The highest BCUT2D eigenvalue weighted by Crippen LogP contribution is 2.21. The molecule has 23 heavy (non-hydrogen) atoms. The average molecular weight is 317 g/mol. The van der Waals surface area contributed by atoms with Crippen LogP contribution in [-0.2, 0) is 7.05 Å². The lowest BCUT2D eigenvalue weighted by Gasteiger charge is -2.33. The van der Waals surface area contributed by atoms with Crippen molar-refractivity contribution in [3.05, 3.63) is 30.1 Å². The molecule has 1 saturated heterocycles. The Hall–Kier alpha value is -2.38. The van der Waals surface area contributed by atoms with Gasteiger partial charge in [0.1, 0.15) is 12.7 Å². The van der Waals surface area contributed by atoms with E-state index >= 15 is 0 Å². The molecule has 3 heterocycles. The molecule has 3 rings (SSSR count). The van der Waals surface area contributed by atoms with Crippen LogP contribution in [0.3, 0.4) is 0 Å². The quantitative estimate of drug-likeness (QED) is 0.928. The number of aromatic nitrogens is 5. The Kier molecular flexibility index (Phi) is 4.31. The van der Waals surface area contributed by atoms with Crippen LogP contribution in [0, 0.1) is 6.92 Å². The van der Waals surface area contributed by atoms with Crippen molar-refractivity contribution in [2.24, 2.45) is 7.05 Å². The van der Waals surface area contributed by atoms with E-state index < -0.39 is 0 Å². The first kappa shape index (κ1) is 15.5. The van der Waals surface area contributed by atoms with E-state index in [1.807, 2.05) is 41.4 Å². The number of hydrogen-bond acceptors (Lipinski definition) is 4. The van der Waals surface area contributed by atoms with Gasteiger partial charge in [-0.1, -0.05) is 0 Å². The van der Waals surface area contributed by atoms with Gasteiger partial charge in [0.05, 0.1) is 18.3 Å². The van der Waals surface area contributed by atoms with Crippen molar-refractivity contribution in [3.63, 3.8) is 0 Å². The van der Waals surface area contributed by atoms with E-state index in [0.29, 0.717) is 6.54 Å². The summed E-state index contributed by atoms with van der Waals surface area (Å²) in [7, 11) is 1.90. The van der Waals surface area contributed by atoms with Crippen molar-refractivity contribution >= 4 is 6.03 Å². The highest BCUT2D eigenvalue weighted by molar-refractivity contribution is 5.74. The molecule has 1 aliphatic heterocycles. The van der Waals surface area contributed by atoms with E-state index in [1.54, 1.807) is 6.33 Å². The summed E-state index contributed by atoms with van der Waals surface area (Å²) in [5, 5.41) is 11.5. The second kappa shape index (κ2) is 6.39. The summed E-state index contributed by atoms with van der Waals surface area (Å²) in [6.45, 7) is 5.43. The van der Waals surface area contributed by atoms with E-state index in [9.17, 15) is 4.79 Å². The van der Waals surface area contributed by atoms with Crippen LogP contribution in [0.2, 0.25) is 0 Å². The number of hydrogen-bond donors (Lipinski definition) is 1. The maximum atomic E-state index is 12.6. The van der Waals surface area contributed by atoms with Gasteiger partial charge in [0.15, 0.2) is 0 Å². The molecule has 0 aliphatic carbocycles. The summed E-state index contributed by atoms with van der Waals surface area (Å²) in [5.74, 6) is 0. The van der Waals surface area contributed by atoms with Gasteiger partial charge >= 0.3 is 6.03 Å². The SMILES string of the molecule is Cc1c([C@@H](C)NC(=O)N2CCC[C@@H](n3cncn3)C2)cnn1C. The molecule has 124 valence electrons. The Morgan fingerprint density at radius 2 is 2.26 bits per heavy atom. The zero-order chi connectivity index (χ0) is 16.4. The van der Waals surface area contributed by atoms with Gasteiger partial charge in [-0.2, -0.15) is 10.2 Å². The minimum absolute atomic E-state index is 0.0365. The molecule has 1 aliphatic rings. The molecule has 8 heteroatoms. The maximum absolute atomic E-state index is 12.6. The summed E-state index contributed by atoms with van der Waals surface area (Å²) in [6.07, 6.45) is 7.05. The van der Waals surface area contributed by atoms with Crippen LogP contribution in [-0.4, -0.2) is 48.6 Å². The predicted octanol–water partition coefficient (Wildman–Crippen LogP) is 1.43. The molecule has 1 fully saturated rings. The van der Waals surface area contributed by atoms with Gasteiger partial charge in [-0.25, -0.2) is 14.5 Å². The van der Waals surface area contributed by atoms with Crippen LogP contribution in [0.1, 0.15) is 43.1 Å². The van der Waals surface area contributed by atoms with Crippen LogP contribution in [0.5, 0.6) is 0 Å². The third-order valence-electron chi connectivity index (χ3n) is 4.57. The molecule has 2 aromatic rings. The zero-order valence-corrected chi connectivity index (χ0v) is 13.8. The molecule has 1 N–H and O–H groups in total. The van der Waals surface area contributed by atoms with E-state index in [-0.39, 0.29) is 18.1 Å². The van der Waals surface area contributed by atoms with Crippen molar-refractivity contribution in [2.45, 2.75) is 38.8 Å². The Labute approximate surface area is 135 Å². The molecule has 2 amide bonds. The van der Waals surface area contributed by atoms with E-state index in [4.69, 9.17) is 0 Å². The number of piperidine rings is 1. The lowest BCUT2D eigenvalue weighted by Crippen LogP contribution is -2.46. The third kappa shape index (κ3) is 3.20. The van der Waals surface area contributed by atoms with Gasteiger partial charge in [-0.05, 0) is 26.7 Å². The van der Waals surface area contributed by atoms with Crippen molar-refractivity contribution in [2.75, 3.05) is 13.1 Å². The highest BCUT2D eigenvalue weighted by atomic mass is 16.2. The van der Waals surface area contributed by atoms with Crippen molar-refractivity contribution in [1.82, 2.24) is 34.8 Å². The highest BCUT2D eigenvalue weighted by Gasteiger charge is 2.26. The number of aryl methyl sites for hydroxylation is 1. The van der Waals surface area contributed by atoms with Gasteiger partial charge in [-0.15, -0.1) is 0 Å². The first-order valence-corrected chi connectivity index (χ1v) is 7.94. The molecule has 0 unspecified atom stereocenters. The fourth-order valence-corrected chi connectivity index (χ4v) is 3.06. The Bertz CT molecular complexity index is 663. The minimum Gasteiger partial charge on any atom is -0.331 e. The molecule has 8 nitrogen and oxygen atoms in total. The summed E-state index contributed by atoms with van der Waals surface area (Å²) in [4.78, 5) is 18.4. The second-order valence-electron chi connectivity index (χ2n) is 6.10. The van der Waals surface area contributed by atoms with Gasteiger partial charge in [0.25, 0.3) is 0 Å². The van der Waals surface area contributed by atoms with Crippen molar-refractivity contribution < 1.29 is 4.79 Å². The number of urea groups is 1. The number of nitrogens with zero attached hydrogens (tertiary/aromatic N) is 6. The molecular formula is C15H23N7O. The number of likely N-dealkylation sites (tertiary alicyclic amines) is 1. The largest absolute Gasteiger partial charge is 0.331 e. The standard InChI is InChI=1S/C15H23N7O/c1-11(14-7-17-20(3)12(14)2)19-15(23)21-6-4-5-13(8-21)22-10-16-9-18-22/h7,9-11,13H,4-6,8H2,1-3H3,(H,19,23)/t11-,13-/m1/s1. The summed E-state index contributed by atoms with van der Waals surface area (Å²) < 4.78 is 3.66. The van der Waals surface area contributed by atoms with Crippen LogP contribution >= 0.6 is 0 Å². The van der Waals surface area contributed by atoms with Crippen molar-refractivity contribution in [3.8, 4) is 0 Å². The monoisotopic (exact) mass is 317 g/mol. The Balaban J connectivity index is 1.62. The summed E-state index contributed by atoms with van der Waals surface area (Å²) in [6, 6.07) is 0.0981. The van der Waals surface area contributed by atoms with Crippen LogP contribution in [0.15, 0.2) is 18.9 Å². The Morgan fingerprint density at radius 1 is 1.43 bits per heavy atom. The molecular weight excluding hydrogens is 294 g/mol. The topological polar surface area (TPSA) is 80.9 Å². The van der Waals surface area contributed by atoms with Crippen molar-refractivity contribution in [1.29, 1.82) is 0 Å². The van der Waals surface area contributed by atoms with Crippen LogP contribution in [0.4, 0.5) is 4.79 Å². The normalized spacial score (nSPS) is 19.6. The summed E-state index contributed by atoms with van der Waals surface area (Å²) in [5.41, 5.74) is 2.11. The van der Waals surface area contributed by atoms with Crippen LogP contribution in [0.25, 0.3) is 0 Å². The smallest absolute Gasteiger partial charge is 0.317 e. The molecule has 0 bridgehead atoms. The van der Waals surface area contributed by atoms with Gasteiger partial charge < -0.3 is 10.2 Å². The first-order chi connectivity index (χ1) is 11.1. The van der Waals surface area contributed by atoms with E-state index in [0.717, 1.165) is 30.6 Å². The molecule has 0 spiro atoms. The van der Waals surface area contributed by atoms with Crippen LogP contribution < -0.4 is 5.32 Å². The predicted molar refractivity (Wildman–Crippen MR) is 84.8 cm³/mol. The number of nitrogens with one attached hydrogen (secondary N) is 1. The second-order valence-corrected chi connectivity index (χ2v) is 6.10. The fourth-order valence-electron chi connectivity index (χ4n) is 3.06. The minimum atomic E-state index is -0.0667. The number of rotatable bonds is 3. The molecule has 2 aromatic heterocycles. The Morgan fingerprint density at radius 3 is 2.91 bits per heavy atom. The maximum Gasteiger partial charge on any atom is 0.317 e. The zero-order valence-electron chi connectivity index (χ0n) is 13.8. The number of carbonyl (C=O) groups is 1. The lowest BCUT2D eigenvalue weighted by atomic mass is 10.1. The van der Waals surface area contributed by atoms with Gasteiger partial charge in [-0.3, -0.25) is 4.68 Å². The molecule has 0 radical (unpaired) electrons. The average Bonchev–Trinajstić information content (AvgIpc) is 3.19. The molecule has 0 saturated carbocycles.